The van der Waals surface area contributed by atoms with E-state index >= 15 is 0 Å². The smallest absolute Gasteiger partial charge is 0.339 e. The number of hydrogen-bond donors (Lipinski definition) is 1. The van der Waals surface area contributed by atoms with Crippen molar-refractivity contribution in [3.8, 4) is 11.5 Å². The van der Waals surface area contributed by atoms with Crippen molar-refractivity contribution in [2.45, 2.75) is 13.0 Å². The van der Waals surface area contributed by atoms with Crippen LogP contribution < -0.4 is 14.8 Å². The number of carbonyl (C=O) groups excluding carboxylic acids is 2. The van der Waals surface area contributed by atoms with Crippen molar-refractivity contribution in [2.75, 3.05) is 12.1 Å². The van der Waals surface area contributed by atoms with E-state index in [2.05, 4.69) is 10.3 Å². The van der Waals surface area contributed by atoms with Crippen LogP contribution in [0.15, 0.2) is 36.5 Å². The Bertz CT molecular complexity index is 796. The number of fused-ring (bicyclic) bond motifs is 1. The molecule has 1 aliphatic heterocycles. The summed E-state index contributed by atoms with van der Waals surface area (Å²) >= 11 is 5.87. The van der Waals surface area contributed by atoms with E-state index in [9.17, 15) is 9.59 Å². The van der Waals surface area contributed by atoms with E-state index < -0.39 is 18.0 Å². The van der Waals surface area contributed by atoms with Gasteiger partial charge in [0.15, 0.2) is 22.8 Å². The van der Waals surface area contributed by atoms with E-state index in [-0.39, 0.29) is 17.5 Å². The number of nitrogens with one attached hydrogen (secondary N) is 1. The van der Waals surface area contributed by atoms with Gasteiger partial charge in [-0.3, -0.25) is 4.79 Å². The molecule has 8 heteroatoms. The average molecular weight is 349 g/mol. The Morgan fingerprint density at radius 2 is 2.08 bits per heavy atom. The van der Waals surface area contributed by atoms with Gasteiger partial charge >= 0.3 is 5.97 Å². The third kappa shape index (κ3) is 3.41. The molecule has 0 bridgehead atoms. The maximum absolute atomic E-state index is 12.1. The second-order valence-electron chi connectivity index (χ2n) is 4.95. The lowest BCUT2D eigenvalue weighted by atomic mass is 10.2. The van der Waals surface area contributed by atoms with Crippen molar-refractivity contribution in [3.63, 3.8) is 0 Å². The van der Waals surface area contributed by atoms with Gasteiger partial charge in [-0.25, -0.2) is 9.78 Å². The highest BCUT2D eigenvalue weighted by molar-refractivity contribution is 6.32. The first kappa shape index (κ1) is 16.1. The average Bonchev–Trinajstić information content (AvgIpc) is 3.04. The van der Waals surface area contributed by atoms with Crippen LogP contribution >= 0.6 is 11.6 Å². The number of carbonyl (C=O) groups is 2. The molecule has 0 saturated heterocycles. The molecule has 1 aromatic carbocycles. The van der Waals surface area contributed by atoms with E-state index in [1.165, 1.54) is 19.2 Å². The lowest BCUT2D eigenvalue weighted by Crippen LogP contribution is -2.30. The fourth-order valence-corrected chi connectivity index (χ4v) is 2.19. The zero-order valence-electron chi connectivity index (χ0n) is 12.6. The summed E-state index contributed by atoms with van der Waals surface area (Å²) in [5.74, 6) is -0.139. The fraction of sp³-hybridized carbons (Fsp3) is 0.188. The van der Waals surface area contributed by atoms with Crippen molar-refractivity contribution in [3.05, 3.63) is 47.2 Å². The summed E-state index contributed by atoms with van der Waals surface area (Å²) in [6, 6.07) is 7.88. The van der Waals surface area contributed by atoms with Crippen LogP contribution in [0.5, 0.6) is 11.5 Å². The third-order valence-corrected chi connectivity index (χ3v) is 3.58. The Labute approximate surface area is 142 Å². The van der Waals surface area contributed by atoms with Gasteiger partial charge in [-0.05, 0) is 37.3 Å². The van der Waals surface area contributed by atoms with Gasteiger partial charge in [-0.2, -0.15) is 0 Å². The van der Waals surface area contributed by atoms with Gasteiger partial charge in [0.25, 0.3) is 5.91 Å². The highest BCUT2D eigenvalue weighted by Crippen LogP contribution is 2.32. The molecule has 1 aromatic heterocycles. The van der Waals surface area contributed by atoms with Crippen LogP contribution in [0.1, 0.15) is 17.3 Å². The molecule has 1 aliphatic rings. The van der Waals surface area contributed by atoms with E-state index in [0.29, 0.717) is 17.2 Å². The molecular formula is C16H13ClN2O5. The number of nitrogens with zero attached hydrogens (tertiary/aromatic N) is 1. The predicted octanol–water partition coefficient (Wildman–Crippen LogP) is 2.65. The first-order valence-corrected chi connectivity index (χ1v) is 7.44. The van der Waals surface area contributed by atoms with Gasteiger partial charge in [0, 0.05) is 6.20 Å². The molecule has 0 saturated carbocycles. The Kier molecular flexibility index (Phi) is 4.52. The van der Waals surface area contributed by atoms with E-state index in [1.54, 1.807) is 24.3 Å². The molecule has 0 aliphatic carbocycles. The zero-order chi connectivity index (χ0) is 17.1. The van der Waals surface area contributed by atoms with Crippen LogP contribution in [-0.4, -0.2) is 29.8 Å². The van der Waals surface area contributed by atoms with Crippen molar-refractivity contribution in [2.24, 2.45) is 0 Å². The van der Waals surface area contributed by atoms with Crippen molar-refractivity contribution in [1.82, 2.24) is 4.98 Å². The molecule has 1 atom stereocenters. The quantitative estimate of drug-likeness (QED) is 0.675. The minimum Gasteiger partial charge on any atom is -0.454 e. The number of ether oxygens (including phenoxy) is 3. The summed E-state index contributed by atoms with van der Waals surface area (Å²) in [6.07, 6.45) is 0.486. The van der Waals surface area contributed by atoms with Crippen molar-refractivity contribution in [1.29, 1.82) is 0 Å². The first-order chi connectivity index (χ1) is 11.5. The molecule has 1 N–H and O–H groups in total. The first-order valence-electron chi connectivity index (χ1n) is 7.06. The third-order valence-electron chi connectivity index (χ3n) is 3.28. The van der Waals surface area contributed by atoms with E-state index in [0.717, 1.165) is 0 Å². The molecule has 2 heterocycles. The fourth-order valence-electron chi connectivity index (χ4n) is 2.02. The highest BCUT2D eigenvalue weighted by atomic mass is 35.5. The summed E-state index contributed by atoms with van der Waals surface area (Å²) in [5.41, 5.74) is 0.605. The monoisotopic (exact) mass is 348 g/mol. The highest BCUT2D eigenvalue weighted by Gasteiger charge is 2.22. The molecule has 1 amide bonds. The number of anilines is 1. The Balaban J connectivity index is 1.63. The van der Waals surface area contributed by atoms with Gasteiger partial charge < -0.3 is 19.5 Å². The summed E-state index contributed by atoms with van der Waals surface area (Å²) < 4.78 is 15.5. The lowest BCUT2D eigenvalue weighted by Gasteiger charge is -2.14. The second-order valence-corrected chi connectivity index (χ2v) is 5.30. The lowest BCUT2D eigenvalue weighted by molar-refractivity contribution is -0.123. The number of hydrogen-bond acceptors (Lipinski definition) is 6. The maximum Gasteiger partial charge on any atom is 0.339 e. The predicted molar refractivity (Wildman–Crippen MR) is 85.3 cm³/mol. The molecule has 0 fully saturated rings. The number of pyridine rings is 1. The van der Waals surface area contributed by atoms with E-state index in [1.807, 2.05) is 0 Å². The summed E-state index contributed by atoms with van der Waals surface area (Å²) in [5, 5.41) is 2.71. The molecule has 0 spiro atoms. The number of benzene rings is 1. The Morgan fingerprint density at radius 3 is 2.88 bits per heavy atom. The van der Waals surface area contributed by atoms with Gasteiger partial charge in [0.05, 0.1) is 11.3 Å². The standard InChI is InChI=1S/C16H13ClN2O5/c1-9(15(20)19-11-3-2-6-18-14(11)17)24-16(21)10-4-5-12-13(7-10)23-8-22-12/h2-7,9H,8H2,1H3,(H,19,20). The largest absolute Gasteiger partial charge is 0.454 e. The van der Waals surface area contributed by atoms with Gasteiger partial charge in [-0.1, -0.05) is 11.6 Å². The van der Waals surface area contributed by atoms with Crippen LogP contribution in [0.2, 0.25) is 5.15 Å². The van der Waals surface area contributed by atoms with Gasteiger partial charge in [0.2, 0.25) is 6.79 Å². The van der Waals surface area contributed by atoms with Crippen molar-refractivity contribution >= 4 is 29.2 Å². The van der Waals surface area contributed by atoms with Crippen LogP contribution in [0.4, 0.5) is 5.69 Å². The molecule has 2 aromatic rings. The molecule has 124 valence electrons. The minimum absolute atomic E-state index is 0.110. The molecule has 3 rings (SSSR count). The number of rotatable bonds is 4. The zero-order valence-corrected chi connectivity index (χ0v) is 13.4. The van der Waals surface area contributed by atoms with E-state index in [4.69, 9.17) is 25.8 Å². The normalized spacial score (nSPS) is 13.2. The topological polar surface area (TPSA) is 86.8 Å². The Morgan fingerprint density at radius 1 is 1.29 bits per heavy atom. The van der Waals surface area contributed by atoms with Gasteiger partial charge in [0.1, 0.15) is 0 Å². The second kappa shape index (κ2) is 6.76. The molecule has 1 unspecified atom stereocenters. The molecule has 7 nitrogen and oxygen atoms in total. The van der Waals surface area contributed by atoms with Crippen LogP contribution in [0, 0.1) is 0 Å². The van der Waals surface area contributed by atoms with Crippen LogP contribution in [0.3, 0.4) is 0 Å². The minimum atomic E-state index is -1.01. The Hall–Kier alpha value is -2.80. The summed E-state index contributed by atoms with van der Waals surface area (Å²) in [7, 11) is 0. The molecule has 0 radical (unpaired) electrons. The van der Waals surface area contributed by atoms with Crippen LogP contribution in [0.25, 0.3) is 0 Å². The number of amides is 1. The summed E-state index contributed by atoms with van der Waals surface area (Å²) in [4.78, 5) is 28.1. The molecular weight excluding hydrogens is 336 g/mol. The number of esters is 1. The SMILES string of the molecule is CC(OC(=O)c1ccc2c(c1)OCO2)C(=O)Nc1cccnc1Cl. The molecule has 24 heavy (non-hydrogen) atoms. The maximum atomic E-state index is 12.1. The number of halogens is 1. The van der Waals surface area contributed by atoms with Crippen molar-refractivity contribution < 1.29 is 23.8 Å². The van der Waals surface area contributed by atoms with Crippen LogP contribution in [-0.2, 0) is 9.53 Å². The number of aromatic nitrogens is 1. The van der Waals surface area contributed by atoms with Gasteiger partial charge in [-0.15, -0.1) is 0 Å². The summed E-state index contributed by atoms with van der Waals surface area (Å²) in [6.45, 7) is 1.57.